The first-order valence-corrected chi connectivity index (χ1v) is 8.25. The van der Waals surface area contributed by atoms with E-state index in [1.54, 1.807) is 0 Å². The van der Waals surface area contributed by atoms with Crippen LogP contribution in [0.15, 0.2) is 24.3 Å². The van der Waals surface area contributed by atoms with Crippen LogP contribution in [0.5, 0.6) is 11.5 Å². The number of hydrogen-bond acceptors (Lipinski definition) is 1. The fourth-order valence-corrected chi connectivity index (χ4v) is 3.25. The molecule has 0 aliphatic rings. The van der Waals surface area contributed by atoms with E-state index in [1.165, 1.54) is 22.3 Å². The van der Waals surface area contributed by atoms with E-state index in [1.807, 2.05) is 0 Å². The van der Waals surface area contributed by atoms with Gasteiger partial charge in [0.1, 0.15) is 11.5 Å². The van der Waals surface area contributed by atoms with Crippen LogP contribution in [0.2, 0.25) is 0 Å². The predicted octanol–water partition coefficient (Wildman–Crippen LogP) is 5.92. The van der Waals surface area contributed by atoms with Gasteiger partial charge in [0.15, 0.2) is 0 Å². The second-order valence-electron chi connectivity index (χ2n) is 4.84. The van der Waals surface area contributed by atoms with Crippen LogP contribution in [-0.2, 0) is 0 Å². The summed E-state index contributed by atoms with van der Waals surface area (Å²) in [6.45, 7) is 8.48. The topological polar surface area (TPSA) is 9.23 Å². The van der Waals surface area contributed by atoms with Gasteiger partial charge in [-0.3, -0.25) is 0 Å². The third kappa shape index (κ3) is 3.42. The van der Waals surface area contributed by atoms with Crippen molar-refractivity contribution in [1.29, 1.82) is 0 Å². The summed E-state index contributed by atoms with van der Waals surface area (Å²) in [5, 5.41) is 0. The molecule has 0 fully saturated rings. The molecular formula is C16H16I2O. The molecule has 3 heteroatoms. The van der Waals surface area contributed by atoms with Gasteiger partial charge in [0.25, 0.3) is 0 Å². The Morgan fingerprint density at radius 3 is 1.32 bits per heavy atom. The van der Waals surface area contributed by atoms with Gasteiger partial charge in [-0.05, 0) is 119 Å². The molecule has 0 bridgehead atoms. The van der Waals surface area contributed by atoms with Crippen molar-refractivity contribution in [2.75, 3.05) is 0 Å². The standard InChI is InChI=1S/C16H16I2O/c1-9-5-13(17)15(7-11(9)3)19-16-8-12(4)10(2)6-14(16)18/h5-8H,1-4H3. The Morgan fingerprint density at radius 1 is 0.632 bits per heavy atom. The van der Waals surface area contributed by atoms with Crippen molar-refractivity contribution >= 4 is 45.2 Å². The van der Waals surface area contributed by atoms with Crippen molar-refractivity contribution in [3.8, 4) is 11.5 Å². The molecule has 2 rings (SSSR count). The van der Waals surface area contributed by atoms with E-state index in [4.69, 9.17) is 4.74 Å². The van der Waals surface area contributed by atoms with E-state index in [0.29, 0.717) is 0 Å². The normalized spacial score (nSPS) is 10.6. The lowest BCUT2D eigenvalue weighted by Gasteiger charge is -2.13. The van der Waals surface area contributed by atoms with Crippen LogP contribution in [0.3, 0.4) is 0 Å². The van der Waals surface area contributed by atoms with Crippen LogP contribution in [-0.4, -0.2) is 0 Å². The van der Waals surface area contributed by atoms with Gasteiger partial charge in [-0.25, -0.2) is 0 Å². The summed E-state index contributed by atoms with van der Waals surface area (Å²) < 4.78 is 8.39. The molecule has 100 valence electrons. The van der Waals surface area contributed by atoms with Crippen molar-refractivity contribution < 1.29 is 4.74 Å². The fourth-order valence-electron chi connectivity index (χ4n) is 1.78. The lowest BCUT2D eigenvalue weighted by molar-refractivity contribution is 0.474. The zero-order valence-corrected chi connectivity index (χ0v) is 15.8. The Labute approximate surface area is 142 Å². The summed E-state index contributed by atoms with van der Waals surface area (Å²) in [4.78, 5) is 0. The van der Waals surface area contributed by atoms with Crippen LogP contribution in [0.1, 0.15) is 22.3 Å². The van der Waals surface area contributed by atoms with Crippen molar-refractivity contribution in [2.45, 2.75) is 27.7 Å². The molecule has 0 radical (unpaired) electrons. The maximum Gasteiger partial charge on any atom is 0.141 e. The van der Waals surface area contributed by atoms with Gasteiger partial charge >= 0.3 is 0 Å². The number of aryl methyl sites for hydroxylation is 4. The average Bonchev–Trinajstić information content (AvgIpc) is 2.32. The highest BCUT2D eigenvalue weighted by Crippen LogP contribution is 2.33. The van der Waals surface area contributed by atoms with Gasteiger partial charge in [0.05, 0.1) is 7.14 Å². The van der Waals surface area contributed by atoms with Crippen molar-refractivity contribution in [3.63, 3.8) is 0 Å². The van der Waals surface area contributed by atoms with Gasteiger partial charge in [-0.2, -0.15) is 0 Å². The van der Waals surface area contributed by atoms with Crippen LogP contribution < -0.4 is 4.74 Å². The van der Waals surface area contributed by atoms with E-state index in [-0.39, 0.29) is 0 Å². The van der Waals surface area contributed by atoms with Crippen molar-refractivity contribution in [3.05, 3.63) is 53.7 Å². The molecule has 0 N–H and O–H groups in total. The van der Waals surface area contributed by atoms with Crippen molar-refractivity contribution in [2.24, 2.45) is 0 Å². The lowest BCUT2D eigenvalue weighted by Crippen LogP contribution is -1.94. The predicted molar refractivity (Wildman–Crippen MR) is 97.3 cm³/mol. The molecule has 0 aliphatic carbocycles. The van der Waals surface area contributed by atoms with E-state index < -0.39 is 0 Å². The molecule has 2 aromatic rings. The highest BCUT2D eigenvalue weighted by atomic mass is 127. The Morgan fingerprint density at radius 2 is 0.947 bits per heavy atom. The molecule has 1 nitrogen and oxygen atoms in total. The van der Waals surface area contributed by atoms with Crippen molar-refractivity contribution in [1.82, 2.24) is 0 Å². The summed E-state index contributed by atoms with van der Waals surface area (Å²) in [6, 6.07) is 8.56. The molecule has 0 saturated heterocycles. The minimum absolute atomic E-state index is 0.935. The molecule has 0 atom stereocenters. The van der Waals surface area contributed by atoms with Crippen LogP contribution in [0, 0.1) is 34.8 Å². The van der Waals surface area contributed by atoms with Crippen LogP contribution in [0.25, 0.3) is 0 Å². The smallest absolute Gasteiger partial charge is 0.141 e. The SMILES string of the molecule is Cc1cc(I)c(Oc2cc(C)c(C)cc2I)cc1C. The maximum atomic E-state index is 6.10. The lowest BCUT2D eigenvalue weighted by atomic mass is 10.1. The first kappa shape index (κ1) is 15.1. The number of hydrogen-bond donors (Lipinski definition) is 0. The molecular weight excluding hydrogens is 462 g/mol. The minimum atomic E-state index is 0.935. The largest absolute Gasteiger partial charge is 0.455 e. The summed E-state index contributed by atoms with van der Waals surface area (Å²) in [5.74, 6) is 1.87. The minimum Gasteiger partial charge on any atom is -0.455 e. The number of rotatable bonds is 2. The Hall–Kier alpha value is -0.300. The van der Waals surface area contributed by atoms with Gasteiger partial charge < -0.3 is 4.74 Å². The molecule has 0 spiro atoms. The summed E-state index contributed by atoms with van der Waals surface area (Å²) in [5.41, 5.74) is 5.11. The molecule has 19 heavy (non-hydrogen) atoms. The van der Waals surface area contributed by atoms with E-state index in [0.717, 1.165) is 18.6 Å². The van der Waals surface area contributed by atoms with Gasteiger partial charge in [0, 0.05) is 0 Å². The van der Waals surface area contributed by atoms with Gasteiger partial charge in [-0.1, -0.05) is 0 Å². The van der Waals surface area contributed by atoms with E-state index in [2.05, 4.69) is 97.1 Å². The first-order chi connectivity index (χ1) is 8.88. The molecule has 0 aliphatic heterocycles. The number of halogens is 2. The Balaban J connectivity index is 2.42. The maximum absolute atomic E-state index is 6.10. The second-order valence-corrected chi connectivity index (χ2v) is 7.16. The third-order valence-corrected chi connectivity index (χ3v) is 5.00. The van der Waals surface area contributed by atoms with E-state index >= 15 is 0 Å². The molecule has 0 amide bonds. The molecule has 0 heterocycles. The highest BCUT2D eigenvalue weighted by molar-refractivity contribution is 14.1. The first-order valence-electron chi connectivity index (χ1n) is 6.10. The van der Waals surface area contributed by atoms with Gasteiger partial charge in [-0.15, -0.1) is 0 Å². The zero-order valence-electron chi connectivity index (χ0n) is 11.5. The Bertz CT molecular complexity index is 578. The number of benzene rings is 2. The zero-order chi connectivity index (χ0) is 14.2. The van der Waals surface area contributed by atoms with Gasteiger partial charge in [0.2, 0.25) is 0 Å². The molecule has 0 unspecified atom stereocenters. The summed E-state index contributed by atoms with van der Waals surface area (Å²) >= 11 is 4.66. The Kier molecular flexibility index (Phi) is 4.76. The molecule has 0 aromatic heterocycles. The molecule has 2 aromatic carbocycles. The summed E-state index contributed by atoms with van der Waals surface area (Å²) in [7, 11) is 0. The second kappa shape index (κ2) is 5.99. The van der Waals surface area contributed by atoms with Crippen LogP contribution >= 0.6 is 45.2 Å². The quantitative estimate of drug-likeness (QED) is 0.487. The fraction of sp³-hybridized carbons (Fsp3) is 0.250. The van der Waals surface area contributed by atoms with Crippen LogP contribution in [0.4, 0.5) is 0 Å². The third-order valence-electron chi connectivity index (χ3n) is 3.32. The number of ether oxygens (including phenoxy) is 1. The van der Waals surface area contributed by atoms with E-state index in [9.17, 15) is 0 Å². The highest BCUT2D eigenvalue weighted by Gasteiger charge is 2.09. The monoisotopic (exact) mass is 478 g/mol. The average molecular weight is 478 g/mol. The summed E-state index contributed by atoms with van der Waals surface area (Å²) in [6.07, 6.45) is 0. The molecule has 0 saturated carbocycles.